The molecule has 2 aliphatic heterocycles. The van der Waals surface area contributed by atoms with E-state index in [1.54, 1.807) is 18.2 Å². The molecule has 3 aromatic carbocycles. The monoisotopic (exact) mass is 420 g/mol. The van der Waals surface area contributed by atoms with Crippen molar-refractivity contribution in [2.24, 2.45) is 16.6 Å². The van der Waals surface area contributed by atoms with Gasteiger partial charge in [-0.2, -0.15) is 5.26 Å². The van der Waals surface area contributed by atoms with Gasteiger partial charge in [-0.3, -0.25) is 14.7 Å². The number of primary amides is 1. The number of hydrogen-bond donors (Lipinski definition) is 1. The van der Waals surface area contributed by atoms with Crippen LogP contribution in [0.15, 0.2) is 83.9 Å². The number of rotatable bonds is 3. The molecule has 2 heterocycles. The molecular weight excluding hydrogens is 400 g/mol. The molecule has 3 amide bonds. The second-order valence-electron chi connectivity index (χ2n) is 8.00. The molecule has 3 aromatic rings. The topological polar surface area (TPSA) is 99.5 Å². The molecule has 32 heavy (non-hydrogen) atoms. The third-order valence-electron chi connectivity index (χ3n) is 6.34. The standard InChI is InChI=1S/C26H20N4O2/c27-16-17-7-6-10-19(15-17)26(22-13-14-30(24(22)31)25(28)32)21-12-5-4-11-20(21)23(29-26)18-8-2-1-3-9-18/h1-12,15,22H,13-14H2,(H2,28,32). The average Bonchev–Trinajstić information content (AvgIpc) is 3.39. The normalized spacial score (nSPS) is 21.7. The highest BCUT2D eigenvalue weighted by Crippen LogP contribution is 2.50. The van der Waals surface area contributed by atoms with Crippen molar-refractivity contribution in [3.05, 3.63) is 107 Å². The maximum absolute atomic E-state index is 13.4. The number of imide groups is 1. The van der Waals surface area contributed by atoms with Gasteiger partial charge in [0.1, 0.15) is 5.54 Å². The molecule has 0 saturated carbocycles. The van der Waals surface area contributed by atoms with E-state index in [0.717, 1.165) is 32.9 Å². The van der Waals surface area contributed by atoms with Crippen LogP contribution in [0, 0.1) is 17.2 Å². The Kier molecular flexibility index (Phi) is 4.60. The van der Waals surface area contributed by atoms with Crippen molar-refractivity contribution in [2.45, 2.75) is 12.0 Å². The van der Waals surface area contributed by atoms with E-state index in [1.165, 1.54) is 0 Å². The van der Waals surface area contributed by atoms with Crippen LogP contribution < -0.4 is 5.73 Å². The predicted molar refractivity (Wildman–Crippen MR) is 120 cm³/mol. The van der Waals surface area contributed by atoms with Gasteiger partial charge in [-0.05, 0) is 29.7 Å². The van der Waals surface area contributed by atoms with Crippen LogP contribution in [0.25, 0.3) is 0 Å². The Bertz CT molecular complexity index is 1310. The number of nitrogens with two attached hydrogens (primary N) is 1. The van der Waals surface area contributed by atoms with E-state index in [9.17, 15) is 14.9 Å². The summed E-state index contributed by atoms with van der Waals surface area (Å²) in [5.74, 6) is -0.959. The first kappa shape index (κ1) is 19.7. The highest BCUT2D eigenvalue weighted by Gasteiger charge is 2.54. The lowest BCUT2D eigenvalue weighted by Crippen LogP contribution is -2.43. The SMILES string of the molecule is N#Cc1cccc(C2(C3CCN(C(N)=O)C3=O)N=C(c3ccccc3)c3ccccc32)c1. The van der Waals surface area contributed by atoms with E-state index in [2.05, 4.69) is 6.07 Å². The van der Waals surface area contributed by atoms with Gasteiger partial charge in [-0.1, -0.05) is 66.7 Å². The van der Waals surface area contributed by atoms with Gasteiger partial charge in [-0.15, -0.1) is 0 Å². The molecule has 5 rings (SSSR count). The zero-order valence-electron chi connectivity index (χ0n) is 17.2. The first-order chi connectivity index (χ1) is 15.6. The minimum absolute atomic E-state index is 0.247. The van der Waals surface area contributed by atoms with Gasteiger partial charge in [0.15, 0.2) is 0 Å². The lowest BCUT2D eigenvalue weighted by Gasteiger charge is -2.33. The van der Waals surface area contributed by atoms with E-state index >= 15 is 0 Å². The van der Waals surface area contributed by atoms with Crippen LogP contribution in [0.4, 0.5) is 4.79 Å². The summed E-state index contributed by atoms with van der Waals surface area (Å²) in [6.07, 6.45) is 0.429. The minimum Gasteiger partial charge on any atom is -0.351 e. The fourth-order valence-corrected chi connectivity index (χ4v) is 4.93. The maximum atomic E-state index is 13.4. The van der Waals surface area contributed by atoms with E-state index in [0.29, 0.717) is 12.0 Å². The number of urea groups is 1. The maximum Gasteiger partial charge on any atom is 0.321 e. The molecule has 6 nitrogen and oxygen atoms in total. The zero-order chi connectivity index (χ0) is 22.3. The Labute approximate surface area is 185 Å². The van der Waals surface area contributed by atoms with Crippen molar-refractivity contribution in [1.29, 1.82) is 5.26 Å². The van der Waals surface area contributed by atoms with Crippen LogP contribution >= 0.6 is 0 Å². The minimum atomic E-state index is -1.06. The molecule has 1 fully saturated rings. The summed E-state index contributed by atoms with van der Waals surface area (Å²) in [5, 5.41) is 9.52. The lowest BCUT2D eigenvalue weighted by atomic mass is 9.72. The molecule has 2 unspecified atom stereocenters. The van der Waals surface area contributed by atoms with Crippen molar-refractivity contribution < 1.29 is 9.59 Å². The summed E-state index contributed by atoms with van der Waals surface area (Å²) in [6, 6.07) is 26.3. The molecule has 0 bridgehead atoms. The summed E-state index contributed by atoms with van der Waals surface area (Å²) in [7, 11) is 0. The van der Waals surface area contributed by atoms with E-state index in [4.69, 9.17) is 10.7 Å². The fourth-order valence-electron chi connectivity index (χ4n) is 4.93. The molecule has 2 atom stereocenters. The van der Waals surface area contributed by atoms with Gasteiger partial charge in [0.25, 0.3) is 0 Å². The lowest BCUT2D eigenvalue weighted by molar-refractivity contribution is -0.129. The summed E-state index contributed by atoms with van der Waals surface area (Å²) >= 11 is 0. The highest BCUT2D eigenvalue weighted by atomic mass is 16.2. The zero-order valence-corrected chi connectivity index (χ0v) is 17.2. The third kappa shape index (κ3) is 2.83. The molecule has 2 aliphatic rings. The number of aliphatic imine (C=N–C) groups is 1. The molecule has 0 spiro atoms. The quantitative estimate of drug-likeness (QED) is 0.701. The number of nitriles is 1. The van der Waals surface area contributed by atoms with Crippen LogP contribution in [0.2, 0.25) is 0 Å². The van der Waals surface area contributed by atoms with Crippen LogP contribution in [0.5, 0.6) is 0 Å². The first-order valence-corrected chi connectivity index (χ1v) is 10.4. The molecule has 2 N–H and O–H groups in total. The second kappa shape index (κ2) is 7.47. The number of benzene rings is 3. The summed E-state index contributed by atoms with van der Waals surface area (Å²) in [6.45, 7) is 0.247. The number of carbonyl (C=O) groups is 2. The Balaban J connectivity index is 1.81. The van der Waals surface area contributed by atoms with Gasteiger partial charge in [-0.25, -0.2) is 4.79 Å². The molecule has 0 radical (unpaired) electrons. The van der Waals surface area contributed by atoms with Gasteiger partial charge >= 0.3 is 6.03 Å². The van der Waals surface area contributed by atoms with E-state index < -0.39 is 17.5 Å². The van der Waals surface area contributed by atoms with Crippen molar-refractivity contribution in [2.75, 3.05) is 6.54 Å². The largest absolute Gasteiger partial charge is 0.351 e. The molecule has 0 aromatic heterocycles. The highest BCUT2D eigenvalue weighted by molar-refractivity contribution is 6.16. The number of carbonyl (C=O) groups excluding carboxylic acids is 2. The Morgan fingerprint density at radius 3 is 2.53 bits per heavy atom. The smallest absolute Gasteiger partial charge is 0.321 e. The van der Waals surface area contributed by atoms with Crippen molar-refractivity contribution in [3.63, 3.8) is 0 Å². The van der Waals surface area contributed by atoms with Gasteiger partial charge < -0.3 is 5.73 Å². The number of hydrogen-bond acceptors (Lipinski definition) is 4. The van der Waals surface area contributed by atoms with Crippen molar-refractivity contribution in [3.8, 4) is 6.07 Å². The summed E-state index contributed by atoms with van der Waals surface area (Å²) < 4.78 is 0. The van der Waals surface area contributed by atoms with Crippen LogP contribution in [0.3, 0.4) is 0 Å². The number of amides is 3. The summed E-state index contributed by atoms with van der Waals surface area (Å²) in [4.78, 5) is 31.6. The van der Waals surface area contributed by atoms with E-state index in [1.807, 2.05) is 60.7 Å². The third-order valence-corrected chi connectivity index (χ3v) is 6.34. The Morgan fingerprint density at radius 2 is 1.81 bits per heavy atom. The van der Waals surface area contributed by atoms with Crippen molar-refractivity contribution in [1.82, 2.24) is 4.90 Å². The average molecular weight is 420 g/mol. The molecule has 156 valence electrons. The molecule has 0 aliphatic carbocycles. The van der Waals surface area contributed by atoms with Crippen LogP contribution in [-0.2, 0) is 10.3 Å². The summed E-state index contributed by atoms with van der Waals surface area (Å²) in [5.41, 5.74) is 9.20. The van der Waals surface area contributed by atoms with Gasteiger partial charge in [0.05, 0.1) is 23.3 Å². The Hall–Kier alpha value is -4.24. The van der Waals surface area contributed by atoms with Crippen molar-refractivity contribution >= 4 is 17.6 Å². The predicted octanol–water partition coefficient (Wildman–Crippen LogP) is 3.58. The first-order valence-electron chi connectivity index (χ1n) is 10.4. The van der Waals surface area contributed by atoms with Crippen LogP contribution in [0.1, 0.15) is 34.2 Å². The van der Waals surface area contributed by atoms with Crippen LogP contribution in [-0.4, -0.2) is 29.1 Å². The Morgan fingerprint density at radius 1 is 1.06 bits per heavy atom. The molecular formula is C26H20N4O2. The molecule has 1 saturated heterocycles. The van der Waals surface area contributed by atoms with Gasteiger partial charge in [0, 0.05) is 17.7 Å². The fraction of sp³-hybridized carbons (Fsp3) is 0.154. The molecule has 6 heteroatoms. The van der Waals surface area contributed by atoms with E-state index in [-0.39, 0.29) is 12.5 Å². The number of likely N-dealkylation sites (tertiary alicyclic amines) is 1. The second-order valence-corrected chi connectivity index (χ2v) is 8.00. The number of fused-ring (bicyclic) bond motifs is 1. The number of nitrogens with zero attached hydrogens (tertiary/aromatic N) is 3. The van der Waals surface area contributed by atoms with Gasteiger partial charge in [0.2, 0.25) is 5.91 Å².